The lowest BCUT2D eigenvalue weighted by atomic mass is 10.1. The van der Waals surface area contributed by atoms with Gasteiger partial charge in [-0.05, 0) is 6.92 Å². The van der Waals surface area contributed by atoms with E-state index in [-0.39, 0.29) is 13.1 Å². The van der Waals surface area contributed by atoms with Crippen LogP contribution in [0.25, 0.3) is 0 Å². The van der Waals surface area contributed by atoms with Gasteiger partial charge in [-0.2, -0.15) is 0 Å². The third kappa shape index (κ3) is 3.66. The van der Waals surface area contributed by atoms with Gasteiger partial charge in [0.05, 0.1) is 13.0 Å². The van der Waals surface area contributed by atoms with Crippen molar-refractivity contribution in [2.75, 3.05) is 19.6 Å². The summed E-state index contributed by atoms with van der Waals surface area (Å²) in [6, 6.07) is -1.44. The molecule has 0 bridgehead atoms. The Bertz CT molecular complexity index is 410. The van der Waals surface area contributed by atoms with Crippen molar-refractivity contribution in [1.29, 1.82) is 0 Å². The Morgan fingerprint density at radius 2 is 2.33 bits per heavy atom. The summed E-state index contributed by atoms with van der Waals surface area (Å²) < 4.78 is 0. The van der Waals surface area contributed by atoms with E-state index in [0.29, 0.717) is 6.54 Å². The van der Waals surface area contributed by atoms with Gasteiger partial charge in [0.25, 0.3) is 0 Å². The lowest BCUT2D eigenvalue weighted by Crippen LogP contribution is -2.59. The molecule has 0 aromatic carbocycles. The number of rotatable bonds is 3. The maximum Gasteiger partial charge on any atom is 0.318 e. The molecular weight excluding hydrogens is 238 g/mol. The molecule has 18 heavy (non-hydrogen) atoms. The van der Waals surface area contributed by atoms with Gasteiger partial charge < -0.3 is 20.6 Å². The predicted molar refractivity (Wildman–Crippen MR) is 62.6 cm³/mol. The van der Waals surface area contributed by atoms with Gasteiger partial charge in [0.15, 0.2) is 0 Å². The second kappa shape index (κ2) is 6.49. The van der Waals surface area contributed by atoms with Crippen molar-refractivity contribution in [2.45, 2.75) is 19.4 Å². The highest BCUT2D eigenvalue weighted by atomic mass is 16.4. The van der Waals surface area contributed by atoms with Gasteiger partial charge in [-0.15, -0.1) is 5.92 Å². The molecule has 1 aliphatic rings. The number of carbonyl (C=O) groups excluding carboxylic acids is 2. The fourth-order valence-electron chi connectivity index (χ4n) is 1.64. The van der Waals surface area contributed by atoms with Gasteiger partial charge in [-0.3, -0.25) is 9.59 Å². The molecule has 0 radical (unpaired) electrons. The number of hydrogen-bond acceptors (Lipinski definition) is 3. The summed E-state index contributed by atoms with van der Waals surface area (Å²) in [5.74, 6) is 3.72. The maximum absolute atomic E-state index is 11.8. The van der Waals surface area contributed by atoms with Crippen molar-refractivity contribution >= 4 is 17.9 Å². The third-order valence-corrected chi connectivity index (χ3v) is 2.46. The molecule has 7 heteroatoms. The summed E-state index contributed by atoms with van der Waals surface area (Å²) in [5, 5.41) is 13.8. The molecule has 0 saturated carbocycles. The van der Waals surface area contributed by atoms with Crippen LogP contribution >= 0.6 is 0 Å². The van der Waals surface area contributed by atoms with Crippen LogP contribution in [0.2, 0.25) is 0 Å². The number of carboxylic acid groups (broad SMARTS) is 1. The standard InChI is InChI=1S/C11H15N3O4/c1-2-3-4-13-11(18)14-6-5-12-10(17)8(14)7-9(15)16/h8H,4-7H2,1H3,(H,12,17)(H,13,18)(H,15,16). The molecule has 1 atom stereocenters. The average molecular weight is 253 g/mol. The number of hydrogen-bond donors (Lipinski definition) is 3. The predicted octanol–water partition coefficient (Wildman–Crippen LogP) is -1.01. The van der Waals surface area contributed by atoms with Gasteiger partial charge in [0, 0.05) is 13.1 Å². The number of amides is 3. The first-order valence-electron chi connectivity index (χ1n) is 5.50. The Hall–Kier alpha value is -2.23. The first-order valence-corrected chi connectivity index (χ1v) is 5.50. The van der Waals surface area contributed by atoms with Crippen LogP contribution in [0.1, 0.15) is 13.3 Å². The van der Waals surface area contributed by atoms with Gasteiger partial charge in [0.2, 0.25) is 5.91 Å². The molecule has 1 fully saturated rings. The summed E-state index contributed by atoms with van der Waals surface area (Å²) in [6.45, 7) is 2.43. The largest absolute Gasteiger partial charge is 0.481 e. The number of piperazine rings is 1. The highest BCUT2D eigenvalue weighted by molar-refractivity contribution is 5.91. The zero-order valence-corrected chi connectivity index (χ0v) is 10.0. The van der Waals surface area contributed by atoms with Crippen molar-refractivity contribution in [3.05, 3.63) is 0 Å². The Labute approximate surface area is 105 Å². The number of nitrogens with zero attached hydrogens (tertiary/aromatic N) is 1. The number of carboxylic acids is 1. The van der Waals surface area contributed by atoms with Gasteiger partial charge in [0.1, 0.15) is 6.04 Å². The van der Waals surface area contributed by atoms with Gasteiger partial charge in [-0.25, -0.2) is 4.79 Å². The molecule has 3 N–H and O–H groups in total. The number of nitrogens with one attached hydrogen (secondary N) is 2. The average Bonchev–Trinajstić information content (AvgIpc) is 2.31. The van der Waals surface area contributed by atoms with Crippen LogP contribution < -0.4 is 10.6 Å². The molecule has 1 heterocycles. The fraction of sp³-hybridized carbons (Fsp3) is 0.545. The lowest BCUT2D eigenvalue weighted by molar-refractivity contribution is -0.142. The monoisotopic (exact) mass is 253 g/mol. The molecule has 0 spiro atoms. The van der Waals surface area contributed by atoms with Crippen LogP contribution in [0.5, 0.6) is 0 Å². The molecule has 1 aliphatic heterocycles. The fourth-order valence-corrected chi connectivity index (χ4v) is 1.64. The summed E-state index contributed by atoms with van der Waals surface area (Å²) >= 11 is 0. The Morgan fingerprint density at radius 1 is 1.61 bits per heavy atom. The van der Waals surface area contributed by atoms with Crippen LogP contribution in [-0.2, 0) is 9.59 Å². The zero-order chi connectivity index (χ0) is 13.5. The smallest absolute Gasteiger partial charge is 0.318 e. The topological polar surface area (TPSA) is 98.7 Å². The first-order chi connectivity index (χ1) is 8.56. The van der Waals surface area contributed by atoms with Crippen LogP contribution in [0.3, 0.4) is 0 Å². The summed E-state index contributed by atoms with van der Waals surface area (Å²) in [6.07, 6.45) is -0.404. The van der Waals surface area contributed by atoms with E-state index in [1.165, 1.54) is 4.90 Å². The molecule has 1 saturated heterocycles. The van der Waals surface area contributed by atoms with E-state index in [9.17, 15) is 14.4 Å². The maximum atomic E-state index is 11.8. The Balaban J connectivity index is 2.68. The molecule has 1 unspecified atom stereocenters. The molecular formula is C11H15N3O4. The van der Waals surface area contributed by atoms with Crippen molar-refractivity contribution in [2.24, 2.45) is 0 Å². The van der Waals surface area contributed by atoms with E-state index in [1.54, 1.807) is 6.92 Å². The summed E-state index contributed by atoms with van der Waals surface area (Å²) in [7, 11) is 0. The molecule has 3 amide bonds. The van der Waals surface area contributed by atoms with E-state index in [2.05, 4.69) is 22.5 Å². The highest BCUT2D eigenvalue weighted by Gasteiger charge is 2.34. The number of urea groups is 1. The summed E-state index contributed by atoms with van der Waals surface area (Å²) in [5.41, 5.74) is 0. The van der Waals surface area contributed by atoms with Crippen LogP contribution in [0, 0.1) is 11.8 Å². The van der Waals surface area contributed by atoms with Crippen LogP contribution in [0.4, 0.5) is 4.79 Å². The normalized spacial score (nSPS) is 18.4. The lowest BCUT2D eigenvalue weighted by Gasteiger charge is -2.33. The van der Waals surface area contributed by atoms with Gasteiger partial charge >= 0.3 is 12.0 Å². The minimum atomic E-state index is -1.12. The zero-order valence-electron chi connectivity index (χ0n) is 10.0. The van der Waals surface area contributed by atoms with E-state index < -0.39 is 30.4 Å². The Kier molecular flexibility index (Phi) is 4.99. The van der Waals surface area contributed by atoms with Crippen molar-refractivity contribution in [3.8, 4) is 11.8 Å². The second-order valence-corrected chi connectivity index (χ2v) is 3.68. The summed E-state index contributed by atoms with van der Waals surface area (Å²) in [4.78, 5) is 35.2. The first kappa shape index (κ1) is 13.8. The van der Waals surface area contributed by atoms with Crippen LogP contribution in [-0.4, -0.2) is 53.6 Å². The van der Waals surface area contributed by atoms with Crippen molar-refractivity contribution in [3.63, 3.8) is 0 Å². The van der Waals surface area contributed by atoms with Crippen LogP contribution in [0.15, 0.2) is 0 Å². The minimum Gasteiger partial charge on any atom is -0.481 e. The number of aliphatic carboxylic acids is 1. The molecule has 0 aromatic rings. The minimum absolute atomic E-state index is 0.174. The SMILES string of the molecule is CC#CCNC(=O)N1CCNC(=O)C1CC(=O)O. The molecule has 0 aromatic heterocycles. The van der Waals surface area contributed by atoms with Crippen molar-refractivity contribution < 1.29 is 19.5 Å². The highest BCUT2D eigenvalue weighted by Crippen LogP contribution is 2.09. The van der Waals surface area contributed by atoms with E-state index in [4.69, 9.17) is 5.11 Å². The van der Waals surface area contributed by atoms with E-state index >= 15 is 0 Å². The van der Waals surface area contributed by atoms with E-state index in [1.807, 2.05) is 0 Å². The second-order valence-electron chi connectivity index (χ2n) is 3.68. The molecule has 1 rings (SSSR count). The molecule has 98 valence electrons. The number of carbonyl (C=O) groups is 3. The Morgan fingerprint density at radius 3 is 2.94 bits per heavy atom. The molecule has 7 nitrogen and oxygen atoms in total. The van der Waals surface area contributed by atoms with E-state index in [0.717, 1.165) is 0 Å². The van der Waals surface area contributed by atoms with Crippen molar-refractivity contribution in [1.82, 2.24) is 15.5 Å². The third-order valence-electron chi connectivity index (χ3n) is 2.46. The molecule has 0 aliphatic carbocycles. The van der Waals surface area contributed by atoms with Gasteiger partial charge in [-0.1, -0.05) is 5.92 Å². The quantitative estimate of drug-likeness (QED) is 0.561.